The molecule has 0 atom stereocenters. The molecule has 0 radical (unpaired) electrons. The van der Waals surface area contributed by atoms with Crippen LogP contribution < -0.4 is 0 Å². The van der Waals surface area contributed by atoms with E-state index in [1.54, 1.807) is 6.07 Å². The SMILES string of the molecule is Cc1ccc([N+](=O)[O-])cc1-c1nc(Cl)c(Br)c(C2CC2)n1. The Morgan fingerprint density at radius 3 is 2.71 bits per heavy atom. The van der Waals surface area contributed by atoms with Crippen LogP contribution in [0.25, 0.3) is 11.4 Å². The third-order valence-electron chi connectivity index (χ3n) is 3.47. The molecule has 0 saturated heterocycles. The lowest BCUT2D eigenvalue weighted by Gasteiger charge is -2.09. The average Bonchev–Trinajstić information content (AvgIpc) is 3.26. The largest absolute Gasteiger partial charge is 0.270 e. The summed E-state index contributed by atoms with van der Waals surface area (Å²) in [6.45, 7) is 1.87. The molecule has 1 aromatic carbocycles. The van der Waals surface area contributed by atoms with Crippen LogP contribution in [-0.4, -0.2) is 14.9 Å². The maximum absolute atomic E-state index is 10.9. The van der Waals surface area contributed by atoms with Gasteiger partial charge in [0, 0.05) is 23.6 Å². The molecule has 3 rings (SSSR count). The Labute approximate surface area is 134 Å². The first-order valence-corrected chi connectivity index (χ1v) is 7.63. The minimum Gasteiger partial charge on any atom is -0.258 e. The Bertz CT molecular complexity index is 747. The van der Waals surface area contributed by atoms with E-state index in [0.717, 1.165) is 28.6 Å². The number of aryl methyl sites for hydroxylation is 1. The maximum Gasteiger partial charge on any atom is 0.270 e. The van der Waals surface area contributed by atoms with Crippen LogP contribution in [0.4, 0.5) is 5.69 Å². The van der Waals surface area contributed by atoms with Crippen molar-refractivity contribution in [3.05, 3.63) is 49.2 Å². The summed E-state index contributed by atoms with van der Waals surface area (Å²) in [4.78, 5) is 19.3. The Morgan fingerprint density at radius 1 is 1.38 bits per heavy atom. The smallest absolute Gasteiger partial charge is 0.258 e. The van der Waals surface area contributed by atoms with E-state index in [9.17, 15) is 10.1 Å². The summed E-state index contributed by atoms with van der Waals surface area (Å²) < 4.78 is 0.721. The summed E-state index contributed by atoms with van der Waals surface area (Å²) >= 11 is 9.58. The normalized spacial score (nSPS) is 14.2. The molecular formula is C14H11BrClN3O2. The third kappa shape index (κ3) is 2.78. The second-order valence-corrected chi connectivity index (χ2v) is 6.22. The molecule has 0 unspecified atom stereocenters. The van der Waals surface area contributed by atoms with Crippen molar-refractivity contribution in [1.29, 1.82) is 0 Å². The molecule has 1 saturated carbocycles. The van der Waals surface area contributed by atoms with Crippen LogP contribution in [0.1, 0.15) is 30.0 Å². The van der Waals surface area contributed by atoms with E-state index in [1.165, 1.54) is 12.1 Å². The van der Waals surface area contributed by atoms with Gasteiger partial charge < -0.3 is 0 Å². The number of nitro groups is 1. The van der Waals surface area contributed by atoms with Crippen molar-refractivity contribution in [2.24, 2.45) is 0 Å². The number of non-ortho nitro benzene ring substituents is 1. The summed E-state index contributed by atoms with van der Waals surface area (Å²) in [5, 5.41) is 11.3. The number of halogens is 2. The number of hydrogen-bond acceptors (Lipinski definition) is 4. The Hall–Kier alpha value is -1.53. The Morgan fingerprint density at radius 2 is 2.10 bits per heavy atom. The minimum absolute atomic E-state index is 0.0196. The van der Waals surface area contributed by atoms with E-state index in [4.69, 9.17) is 11.6 Å². The van der Waals surface area contributed by atoms with Crippen LogP contribution in [0, 0.1) is 17.0 Å². The van der Waals surface area contributed by atoms with Crippen molar-refractivity contribution in [3.8, 4) is 11.4 Å². The van der Waals surface area contributed by atoms with Gasteiger partial charge >= 0.3 is 0 Å². The zero-order valence-corrected chi connectivity index (χ0v) is 13.5. The van der Waals surface area contributed by atoms with Crippen molar-refractivity contribution >= 4 is 33.2 Å². The molecule has 1 fully saturated rings. The fourth-order valence-electron chi connectivity index (χ4n) is 2.15. The molecule has 2 aromatic rings. The van der Waals surface area contributed by atoms with Gasteiger partial charge in [-0.15, -0.1) is 0 Å². The predicted molar refractivity (Wildman–Crippen MR) is 83.5 cm³/mol. The van der Waals surface area contributed by atoms with Gasteiger partial charge in [-0.2, -0.15) is 0 Å². The molecule has 0 spiro atoms. The van der Waals surface area contributed by atoms with Crippen molar-refractivity contribution < 1.29 is 4.92 Å². The highest BCUT2D eigenvalue weighted by Gasteiger charge is 2.29. The summed E-state index contributed by atoms with van der Waals surface area (Å²) in [5.41, 5.74) is 2.42. The van der Waals surface area contributed by atoms with Crippen molar-refractivity contribution in [2.75, 3.05) is 0 Å². The van der Waals surface area contributed by atoms with Crippen LogP contribution in [0.2, 0.25) is 5.15 Å². The molecule has 1 aromatic heterocycles. The first kappa shape index (κ1) is 14.4. The van der Waals surface area contributed by atoms with Gasteiger partial charge in [0.1, 0.15) is 5.15 Å². The molecule has 5 nitrogen and oxygen atoms in total. The fraction of sp³-hybridized carbons (Fsp3) is 0.286. The first-order chi connectivity index (χ1) is 9.97. The quantitative estimate of drug-likeness (QED) is 0.449. The first-order valence-electron chi connectivity index (χ1n) is 6.45. The number of nitro benzene ring substituents is 1. The van der Waals surface area contributed by atoms with Crippen LogP contribution in [-0.2, 0) is 0 Å². The Kier molecular flexibility index (Phi) is 3.67. The minimum atomic E-state index is -0.425. The van der Waals surface area contributed by atoms with Crippen LogP contribution in [0.5, 0.6) is 0 Å². The van der Waals surface area contributed by atoms with Crippen LogP contribution >= 0.6 is 27.5 Å². The summed E-state index contributed by atoms with van der Waals surface area (Å²) in [6.07, 6.45) is 2.17. The fourth-order valence-corrected chi connectivity index (χ4v) is 2.83. The second kappa shape index (κ2) is 5.35. The molecule has 1 heterocycles. The topological polar surface area (TPSA) is 68.9 Å². The molecule has 1 aliphatic rings. The van der Waals surface area contributed by atoms with Crippen LogP contribution in [0.3, 0.4) is 0 Å². The van der Waals surface area contributed by atoms with E-state index in [0.29, 0.717) is 22.5 Å². The van der Waals surface area contributed by atoms with E-state index < -0.39 is 4.92 Å². The molecule has 1 aliphatic carbocycles. The number of aromatic nitrogens is 2. The summed E-state index contributed by atoms with van der Waals surface area (Å²) in [5.74, 6) is 0.837. The van der Waals surface area contributed by atoms with Gasteiger partial charge in [-0.25, -0.2) is 9.97 Å². The summed E-state index contributed by atoms with van der Waals surface area (Å²) in [7, 11) is 0. The zero-order chi connectivity index (χ0) is 15.1. The third-order valence-corrected chi connectivity index (χ3v) is 4.76. The zero-order valence-electron chi connectivity index (χ0n) is 11.1. The highest BCUT2D eigenvalue weighted by molar-refractivity contribution is 9.10. The lowest BCUT2D eigenvalue weighted by molar-refractivity contribution is -0.384. The van der Waals surface area contributed by atoms with Gasteiger partial charge in [-0.1, -0.05) is 17.7 Å². The van der Waals surface area contributed by atoms with Gasteiger partial charge in [0.2, 0.25) is 0 Å². The van der Waals surface area contributed by atoms with Crippen LogP contribution in [0.15, 0.2) is 22.7 Å². The molecule has 0 aliphatic heterocycles. The molecule has 7 heteroatoms. The van der Waals surface area contributed by atoms with E-state index in [2.05, 4.69) is 25.9 Å². The number of rotatable bonds is 3. The molecule has 21 heavy (non-hydrogen) atoms. The lowest BCUT2D eigenvalue weighted by Crippen LogP contribution is -1.99. The van der Waals surface area contributed by atoms with Gasteiger partial charge in [0.05, 0.1) is 15.1 Å². The Balaban J connectivity index is 2.16. The van der Waals surface area contributed by atoms with E-state index >= 15 is 0 Å². The number of hydrogen-bond donors (Lipinski definition) is 0. The molecule has 108 valence electrons. The highest BCUT2D eigenvalue weighted by atomic mass is 79.9. The maximum atomic E-state index is 10.9. The summed E-state index contributed by atoms with van der Waals surface area (Å²) in [6, 6.07) is 4.66. The van der Waals surface area contributed by atoms with Crippen molar-refractivity contribution in [3.63, 3.8) is 0 Å². The monoisotopic (exact) mass is 367 g/mol. The van der Waals surface area contributed by atoms with Crippen molar-refractivity contribution in [1.82, 2.24) is 9.97 Å². The number of benzene rings is 1. The predicted octanol–water partition coefficient (Wildman–Crippen LogP) is 4.65. The lowest BCUT2D eigenvalue weighted by atomic mass is 10.1. The molecular weight excluding hydrogens is 358 g/mol. The standard InChI is InChI=1S/C14H11BrClN3O2/c1-7-2-5-9(19(20)21)6-10(7)14-17-12(8-3-4-8)11(15)13(16)18-14/h2,5-6,8H,3-4H2,1H3. The highest BCUT2D eigenvalue weighted by Crippen LogP contribution is 2.44. The van der Waals surface area contributed by atoms with Crippen molar-refractivity contribution in [2.45, 2.75) is 25.7 Å². The second-order valence-electron chi connectivity index (χ2n) is 5.07. The van der Waals surface area contributed by atoms with Gasteiger partial charge in [0.15, 0.2) is 5.82 Å². The molecule has 0 N–H and O–H groups in total. The molecule has 0 bridgehead atoms. The van der Waals surface area contributed by atoms with E-state index in [1.807, 2.05) is 6.92 Å². The average molecular weight is 369 g/mol. The van der Waals surface area contributed by atoms with Gasteiger partial charge in [-0.3, -0.25) is 10.1 Å². The van der Waals surface area contributed by atoms with Gasteiger partial charge in [0.25, 0.3) is 5.69 Å². The van der Waals surface area contributed by atoms with Gasteiger partial charge in [-0.05, 0) is 41.3 Å². The number of nitrogens with zero attached hydrogens (tertiary/aromatic N) is 3. The molecule has 0 amide bonds. The van der Waals surface area contributed by atoms with E-state index in [-0.39, 0.29) is 5.69 Å².